The van der Waals surface area contributed by atoms with Crippen LogP contribution in [-0.4, -0.2) is 34.1 Å². The first kappa shape index (κ1) is 16.8. The molecule has 0 spiro atoms. The van der Waals surface area contributed by atoms with Crippen molar-refractivity contribution in [1.29, 1.82) is 0 Å². The molecule has 2 atom stereocenters. The number of fused-ring (bicyclic) bond motifs is 1. The maximum absolute atomic E-state index is 4.85. The van der Waals surface area contributed by atoms with Crippen molar-refractivity contribution in [1.82, 2.24) is 34.1 Å². The molecule has 1 saturated carbocycles. The van der Waals surface area contributed by atoms with E-state index in [0.29, 0.717) is 11.8 Å². The lowest BCUT2D eigenvalue weighted by Crippen LogP contribution is -2.06. The SMILES string of the molecule is Cc1nc(C2CC2c2nc3ccccn3c2I)cc(-n2nc(C)nc2C)n1. The van der Waals surface area contributed by atoms with Crippen molar-refractivity contribution < 1.29 is 0 Å². The summed E-state index contributed by atoms with van der Waals surface area (Å²) < 4.78 is 5.12. The predicted molar refractivity (Wildman–Crippen MR) is 109 cm³/mol. The fraction of sp³-hybridized carbons (Fsp3) is 0.316. The summed E-state index contributed by atoms with van der Waals surface area (Å²) in [6.45, 7) is 5.76. The molecule has 1 aliphatic carbocycles. The fourth-order valence-electron chi connectivity index (χ4n) is 3.65. The highest BCUT2D eigenvalue weighted by Gasteiger charge is 2.44. The normalized spacial score (nSPS) is 19.0. The molecule has 0 aromatic carbocycles. The van der Waals surface area contributed by atoms with Crippen LogP contribution in [0.3, 0.4) is 0 Å². The van der Waals surface area contributed by atoms with Crippen LogP contribution in [0, 0.1) is 24.5 Å². The van der Waals surface area contributed by atoms with E-state index in [9.17, 15) is 0 Å². The Bertz CT molecular complexity index is 1180. The van der Waals surface area contributed by atoms with Gasteiger partial charge in [-0.1, -0.05) is 6.07 Å². The Morgan fingerprint density at radius 1 is 1.00 bits per heavy atom. The van der Waals surface area contributed by atoms with Crippen molar-refractivity contribution in [2.45, 2.75) is 39.0 Å². The molecule has 4 heterocycles. The van der Waals surface area contributed by atoms with Gasteiger partial charge in [0, 0.05) is 24.1 Å². The average Bonchev–Trinajstić information content (AvgIpc) is 3.27. The number of halogens is 1. The van der Waals surface area contributed by atoms with E-state index in [0.717, 1.165) is 46.7 Å². The minimum absolute atomic E-state index is 0.369. The summed E-state index contributed by atoms with van der Waals surface area (Å²) in [7, 11) is 0. The highest BCUT2D eigenvalue weighted by molar-refractivity contribution is 14.1. The second-order valence-electron chi connectivity index (χ2n) is 6.98. The van der Waals surface area contributed by atoms with Crippen molar-refractivity contribution in [3.63, 3.8) is 0 Å². The van der Waals surface area contributed by atoms with Gasteiger partial charge >= 0.3 is 0 Å². The van der Waals surface area contributed by atoms with Crippen LogP contribution in [0.4, 0.5) is 0 Å². The fourth-order valence-corrected chi connectivity index (χ4v) is 4.58. The van der Waals surface area contributed by atoms with Gasteiger partial charge in [0.2, 0.25) is 0 Å². The lowest BCUT2D eigenvalue weighted by Gasteiger charge is -2.06. The number of aryl methyl sites for hydroxylation is 3. The molecular weight excluding hydrogens is 453 g/mol. The summed E-state index contributed by atoms with van der Waals surface area (Å²) in [5.74, 6) is 3.88. The molecule has 4 aromatic heterocycles. The number of hydrogen-bond donors (Lipinski definition) is 0. The highest BCUT2D eigenvalue weighted by atomic mass is 127. The minimum Gasteiger partial charge on any atom is -0.295 e. The summed E-state index contributed by atoms with van der Waals surface area (Å²) >= 11 is 2.39. The van der Waals surface area contributed by atoms with Crippen LogP contribution in [0.15, 0.2) is 30.5 Å². The number of aromatic nitrogens is 7. The first-order valence-corrected chi connectivity index (χ1v) is 9.98. The lowest BCUT2D eigenvalue weighted by atomic mass is 10.2. The third kappa shape index (κ3) is 2.82. The van der Waals surface area contributed by atoms with E-state index in [1.807, 2.05) is 45.0 Å². The zero-order valence-electron chi connectivity index (χ0n) is 15.3. The van der Waals surface area contributed by atoms with Crippen molar-refractivity contribution in [2.75, 3.05) is 0 Å². The monoisotopic (exact) mass is 471 g/mol. The van der Waals surface area contributed by atoms with Gasteiger partial charge in [-0.25, -0.2) is 19.9 Å². The Morgan fingerprint density at radius 2 is 1.85 bits per heavy atom. The van der Waals surface area contributed by atoms with Crippen LogP contribution in [-0.2, 0) is 0 Å². The average molecular weight is 471 g/mol. The Morgan fingerprint density at radius 3 is 2.59 bits per heavy atom. The van der Waals surface area contributed by atoms with Crippen LogP contribution < -0.4 is 0 Å². The van der Waals surface area contributed by atoms with Gasteiger partial charge in [0.05, 0.1) is 11.4 Å². The molecule has 8 heteroatoms. The highest BCUT2D eigenvalue weighted by Crippen LogP contribution is 2.54. The molecule has 0 saturated heterocycles. The molecule has 0 bridgehead atoms. The molecule has 0 radical (unpaired) electrons. The molecule has 2 unspecified atom stereocenters. The first-order valence-electron chi connectivity index (χ1n) is 8.90. The maximum atomic E-state index is 4.85. The van der Waals surface area contributed by atoms with Gasteiger partial charge in [-0.15, -0.1) is 5.10 Å². The molecule has 27 heavy (non-hydrogen) atoms. The summed E-state index contributed by atoms with van der Waals surface area (Å²) in [5.41, 5.74) is 3.22. The largest absolute Gasteiger partial charge is 0.295 e. The van der Waals surface area contributed by atoms with Crippen molar-refractivity contribution in [3.05, 3.63) is 63.0 Å². The quantitative estimate of drug-likeness (QED) is 0.428. The smallest absolute Gasteiger partial charge is 0.159 e. The van der Waals surface area contributed by atoms with Gasteiger partial charge in [0.15, 0.2) is 5.82 Å². The molecule has 0 N–H and O–H groups in total. The Hall–Kier alpha value is -2.36. The van der Waals surface area contributed by atoms with E-state index in [1.54, 1.807) is 4.68 Å². The number of hydrogen-bond acceptors (Lipinski definition) is 5. The van der Waals surface area contributed by atoms with E-state index in [4.69, 9.17) is 9.97 Å². The van der Waals surface area contributed by atoms with Crippen molar-refractivity contribution >= 4 is 28.2 Å². The number of imidazole rings is 1. The van der Waals surface area contributed by atoms with E-state index in [2.05, 4.69) is 48.3 Å². The Labute approximate surface area is 170 Å². The predicted octanol–water partition coefficient (Wildman–Crippen LogP) is 3.51. The molecular formula is C19H18IN7. The molecule has 0 amide bonds. The summed E-state index contributed by atoms with van der Waals surface area (Å²) in [4.78, 5) is 18.5. The molecule has 4 aromatic rings. The molecule has 1 aliphatic rings. The second kappa shape index (κ2) is 6.08. The topological polar surface area (TPSA) is 73.8 Å². The zero-order chi connectivity index (χ0) is 18.7. The van der Waals surface area contributed by atoms with Crippen LogP contribution >= 0.6 is 22.6 Å². The third-order valence-electron chi connectivity index (χ3n) is 4.95. The van der Waals surface area contributed by atoms with Crippen molar-refractivity contribution in [2.24, 2.45) is 0 Å². The first-order chi connectivity index (χ1) is 13.0. The number of nitrogens with zero attached hydrogens (tertiary/aromatic N) is 7. The van der Waals surface area contributed by atoms with Crippen LogP contribution in [0.5, 0.6) is 0 Å². The summed E-state index contributed by atoms with van der Waals surface area (Å²) in [5, 5.41) is 4.46. The number of rotatable bonds is 3. The van der Waals surface area contributed by atoms with Crippen LogP contribution in [0.2, 0.25) is 0 Å². The number of pyridine rings is 1. The summed E-state index contributed by atoms with van der Waals surface area (Å²) in [6.07, 6.45) is 3.12. The second-order valence-corrected chi connectivity index (χ2v) is 8.00. The van der Waals surface area contributed by atoms with Gasteiger partial charge in [-0.2, -0.15) is 4.68 Å². The van der Waals surface area contributed by atoms with E-state index < -0.39 is 0 Å². The van der Waals surface area contributed by atoms with E-state index in [-0.39, 0.29) is 0 Å². The Kier molecular flexibility index (Phi) is 3.78. The van der Waals surface area contributed by atoms with Gasteiger partial charge < -0.3 is 0 Å². The molecule has 7 nitrogen and oxygen atoms in total. The summed E-state index contributed by atoms with van der Waals surface area (Å²) in [6, 6.07) is 8.15. The van der Waals surface area contributed by atoms with Gasteiger partial charge in [-0.05, 0) is 61.9 Å². The van der Waals surface area contributed by atoms with E-state index >= 15 is 0 Å². The molecule has 5 rings (SSSR count). The van der Waals surface area contributed by atoms with Gasteiger partial charge in [0.1, 0.15) is 26.8 Å². The minimum atomic E-state index is 0.369. The van der Waals surface area contributed by atoms with Gasteiger partial charge in [-0.3, -0.25) is 4.40 Å². The van der Waals surface area contributed by atoms with E-state index in [1.165, 1.54) is 3.70 Å². The maximum Gasteiger partial charge on any atom is 0.159 e. The van der Waals surface area contributed by atoms with Crippen molar-refractivity contribution in [3.8, 4) is 5.82 Å². The van der Waals surface area contributed by atoms with Crippen LogP contribution in [0.1, 0.15) is 47.1 Å². The third-order valence-corrected chi connectivity index (χ3v) is 6.03. The Balaban J connectivity index is 1.51. The molecule has 1 fully saturated rings. The van der Waals surface area contributed by atoms with Gasteiger partial charge in [0.25, 0.3) is 0 Å². The standard InChI is InChI=1S/C19H18IN7/c1-10-22-15(9-17(23-10)27-12(3)21-11(2)25-27)13-8-14(13)18-19(20)26-7-5-4-6-16(26)24-18/h4-7,9,13-14H,8H2,1-3H3. The zero-order valence-corrected chi connectivity index (χ0v) is 17.4. The van der Waals surface area contributed by atoms with Crippen LogP contribution in [0.25, 0.3) is 11.5 Å². The molecule has 0 aliphatic heterocycles. The molecule has 136 valence electrons. The lowest BCUT2D eigenvalue weighted by molar-refractivity contribution is 0.777.